The van der Waals surface area contributed by atoms with Crippen LogP contribution in [0.25, 0.3) is 0 Å². The number of likely N-dealkylation sites (tertiary alicyclic amines) is 1. The van der Waals surface area contributed by atoms with Crippen LogP contribution in [-0.4, -0.2) is 62.5 Å². The Morgan fingerprint density at radius 3 is 2.22 bits per heavy atom. The van der Waals surface area contributed by atoms with Crippen LogP contribution in [0.1, 0.15) is 29.6 Å². The van der Waals surface area contributed by atoms with Crippen LogP contribution in [0.2, 0.25) is 0 Å². The molecule has 1 saturated heterocycles. The number of benzene rings is 3. The van der Waals surface area contributed by atoms with Crippen molar-refractivity contribution in [3.05, 3.63) is 84.4 Å². The van der Waals surface area contributed by atoms with E-state index in [0.29, 0.717) is 37.1 Å². The molecule has 0 unspecified atom stereocenters. The van der Waals surface area contributed by atoms with E-state index in [1.54, 1.807) is 36.4 Å². The average Bonchev–Trinajstić information content (AvgIpc) is 2.97. The van der Waals surface area contributed by atoms with E-state index in [4.69, 9.17) is 9.84 Å². The number of nitrogens with zero attached hydrogens (tertiary/aromatic N) is 1. The minimum atomic E-state index is -3.98. The minimum absolute atomic E-state index is 0.0458. The minimum Gasteiger partial charge on any atom is -0.465 e. The third-order valence-corrected chi connectivity index (χ3v) is 8.08. The monoisotopic (exact) mass is 580 g/mol. The van der Waals surface area contributed by atoms with Crippen LogP contribution >= 0.6 is 0 Å². The molecule has 1 aliphatic heterocycles. The molecule has 216 valence electrons. The van der Waals surface area contributed by atoms with Crippen molar-refractivity contribution < 1.29 is 32.6 Å². The molecule has 1 fully saturated rings. The normalized spacial score (nSPS) is 13.7. The number of rotatable bonds is 11. The van der Waals surface area contributed by atoms with Crippen LogP contribution in [0.5, 0.6) is 11.5 Å². The van der Waals surface area contributed by atoms with Gasteiger partial charge in [0.1, 0.15) is 5.75 Å². The first kappa shape index (κ1) is 29.4. The van der Waals surface area contributed by atoms with E-state index < -0.39 is 22.0 Å². The zero-order valence-electron chi connectivity index (χ0n) is 22.3. The molecule has 0 spiro atoms. The quantitative estimate of drug-likeness (QED) is 0.268. The van der Waals surface area contributed by atoms with Crippen LogP contribution in [-0.2, 0) is 14.8 Å². The fourth-order valence-electron chi connectivity index (χ4n) is 4.40. The van der Waals surface area contributed by atoms with E-state index in [9.17, 15) is 22.8 Å². The molecule has 1 aliphatic rings. The van der Waals surface area contributed by atoms with Crippen molar-refractivity contribution in [3.63, 3.8) is 0 Å². The first-order valence-electron chi connectivity index (χ1n) is 13.2. The number of carbonyl (C=O) groups excluding carboxylic acids is 2. The van der Waals surface area contributed by atoms with Gasteiger partial charge in [-0.1, -0.05) is 30.3 Å². The standard InChI is InChI=1S/C29H32N4O7S/c34-27(30-17-14-21-15-18-33(19-16-21)29(36)37)20-31-28(35)22-10-12-24(13-11-22)41(38,39)32-25-8-4-5-9-26(25)40-23-6-2-1-3-7-23/h1-13,21,32H,14-20H2,(H,30,34)(H,31,35)(H,36,37). The highest BCUT2D eigenvalue weighted by atomic mass is 32.2. The second-order valence-corrected chi connectivity index (χ2v) is 11.3. The molecular weight excluding hydrogens is 548 g/mol. The molecule has 0 bridgehead atoms. The van der Waals surface area contributed by atoms with Crippen molar-refractivity contribution in [2.45, 2.75) is 24.2 Å². The largest absolute Gasteiger partial charge is 0.465 e. The number of carbonyl (C=O) groups is 3. The van der Waals surface area contributed by atoms with Crippen molar-refractivity contribution in [2.75, 3.05) is 30.9 Å². The number of nitrogens with one attached hydrogen (secondary N) is 3. The van der Waals surface area contributed by atoms with Gasteiger partial charge in [-0.3, -0.25) is 14.3 Å². The Morgan fingerprint density at radius 1 is 0.878 bits per heavy atom. The van der Waals surface area contributed by atoms with Crippen molar-refractivity contribution in [1.29, 1.82) is 0 Å². The SMILES string of the molecule is O=C(CNC(=O)c1ccc(S(=O)(=O)Nc2ccccc2Oc2ccccc2)cc1)NCCC1CCN(C(=O)O)CC1. The van der Waals surface area contributed by atoms with E-state index in [1.165, 1.54) is 29.2 Å². The predicted octanol–water partition coefficient (Wildman–Crippen LogP) is 3.91. The highest BCUT2D eigenvalue weighted by Crippen LogP contribution is 2.31. The number of ether oxygens (including phenoxy) is 1. The van der Waals surface area contributed by atoms with Gasteiger partial charge in [-0.15, -0.1) is 0 Å². The second kappa shape index (κ2) is 13.7. The van der Waals surface area contributed by atoms with Crippen molar-refractivity contribution >= 4 is 33.6 Å². The Bertz CT molecular complexity index is 1460. The van der Waals surface area contributed by atoms with Crippen LogP contribution in [0, 0.1) is 5.92 Å². The van der Waals surface area contributed by atoms with E-state index in [-0.39, 0.29) is 28.6 Å². The number of hydrogen-bond donors (Lipinski definition) is 4. The first-order chi connectivity index (χ1) is 19.7. The number of hydrogen-bond acceptors (Lipinski definition) is 6. The van der Waals surface area contributed by atoms with Gasteiger partial charge in [-0.05, 0) is 73.7 Å². The first-order valence-corrected chi connectivity index (χ1v) is 14.7. The summed E-state index contributed by atoms with van der Waals surface area (Å²) in [5.41, 5.74) is 0.463. The lowest BCUT2D eigenvalue weighted by Gasteiger charge is -2.29. The number of carboxylic acid groups (broad SMARTS) is 1. The molecule has 12 heteroatoms. The molecule has 3 aromatic rings. The second-order valence-electron chi connectivity index (χ2n) is 9.58. The van der Waals surface area contributed by atoms with E-state index in [2.05, 4.69) is 15.4 Å². The summed E-state index contributed by atoms with van der Waals surface area (Å²) in [4.78, 5) is 37.0. The summed E-state index contributed by atoms with van der Waals surface area (Å²) in [6, 6.07) is 21.0. The maximum absolute atomic E-state index is 13.0. The summed E-state index contributed by atoms with van der Waals surface area (Å²) >= 11 is 0. The van der Waals surface area contributed by atoms with Gasteiger partial charge >= 0.3 is 6.09 Å². The summed E-state index contributed by atoms with van der Waals surface area (Å²) in [6.45, 7) is 1.20. The number of anilines is 1. The van der Waals surface area contributed by atoms with Crippen molar-refractivity contribution in [2.24, 2.45) is 5.92 Å². The molecule has 0 aliphatic carbocycles. The van der Waals surface area contributed by atoms with Gasteiger partial charge in [0, 0.05) is 25.2 Å². The fourth-order valence-corrected chi connectivity index (χ4v) is 5.47. The highest BCUT2D eigenvalue weighted by molar-refractivity contribution is 7.92. The topological polar surface area (TPSA) is 154 Å². The lowest BCUT2D eigenvalue weighted by atomic mass is 9.94. The summed E-state index contributed by atoms with van der Waals surface area (Å²) in [6.07, 6.45) is 1.35. The highest BCUT2D eigenvalue weighted by Gasteiger charge is 2.22. The maximum Gasteiger partial charge on any atom is 0.407 e. The van der Waals surface area contributed by atoms with Gasteiger partial charge in [0.15, 0.2) is 5.75 Å². The summed E-state index contributed by atoms with van der Waals surface area (Å²) in [5.74, 6) is 0.372. The fraction of sp³-hybridized carbons (Fsp3) is 0.276. The molecule has 4 N–H and O–H groups in total. The van der Waals surface area contributed by atoms with Crippen molar-refractivity contribution in [3.8, 4) is 11.5 Å². The van der Waals surface area contributed by atoms with Crippen LogP contribution < -0.4 is 20.1 Å². The zero-order valence-corrected chi connectivity index (χ0v) is 23.1. The molecule has 3 aromatic carbocycles. The van der Waals surface area contributed by atoms with E-state index in [0.717, 1.165) is 19.3 Å². The van der Waals surface area contributed by atoms with Crippen LogP contribution in [0.15, 0.2) is 83.8 Å². The van der Waals surface area contributed by atoms with Crippen molar-refractivity contribution in [1.82, 2.24) is 15.5 Å². The zero-order chi connectivity index (χ0) is 29.2. The smallest absolute Gasteiger partial charge is 0.407 e. The van der Waals surface area contributed by atoms with Gasteiger partial charge in [0.05, 0.1) is 17.1 Å². The molecule has 11 nitrogen and oxygen atoms in total. The van der Waals surface area contributed by atoms with E-state index in [1.807, 2.05) is 18.2 Å². The van der Waals surface area contributed by atoms with Gasteiger partial charge in [-0.2, -0.15) is 0 Å². The molecule has 1 heterocycles. The Balaban J connectivity index is 1.25. The third-order valence-electron chi connectivity index (χ3n) is 6.70. The molecular formula is C29H32N4O7S. The number of amides is 3. The number of piperidine rings is 1. The van der Waals surface area contributed by atoms with Gasteiger partial charge in [0.25, 0.3) is 15.9 Å². The Labute approximate surface area is 238 Å². The molecule has 41 heavy (non-hydrogen) atoms. The van der Waals surface area contributed by atoms with Crippen LogP contribution in [0.4, 0.5) is 10.5 Å². The van der Waals surface area contributed by atoms with Gasteiger partial charge in [0.2, 0.25) is 5.91 Å². The number of para-hydroxylation sites is 3. The van der Waals surface area contributed by atoms with E-state index >= 15 is 0 Å². The van der Waals surface area contributed by atoms with Gasteiger partial charge in [-0.25, -0.2) is 13.2 Å². The maximum atomic E-state index is 13.0. The molecule has 0 atom stereocenters. The molecule has 3 amide bonds. The average molecular weight is 581 g/mol. The number of sulfonamides is 1. The molecule has 0 radical (unpaired) electrons. The van der Waals surface area contributed by atoms with Crippen LogP contribution in [0.3, 0.4) is 0 Å². The molecule has 4 rings (SSSR count). The lowest BCUT2D eigenvalue weighted by molar-refractivity contribution is -0.120. The Kier molecular flexibility index (Phi) is 9.80. The van der Waals surface area contributed by atoms with Gasteiger partial charge < -0.3 is 25.4 Å². The predicted molar refractivity (Wildman–Crippen MR) is 152 cm³/mol. The molecule has 0 saturated carbocycles. The Hall–Kier alpha value is -4.58. The Morgan fingerprint density at radius 2 is 1.54 bits per heavy atom. The summed E-state index contributed by atoms with van der Waals surface area (Å²) in [7, 11) is -3.98. The molecule has 0 aromatic heterocycles. The summed E-state index contributed by atoms with van der Waals surface area (Å²) < 4.78 is 34.4. The third kappa shape index (κ3) is 8.45. The summed E-state index contributed by atoms with van der Waals surface area (Å²) in [5, 5.41) is 14.3. The lowest BCUT2D eigenvalue weighted by Crippen LogP contribution is -2.40.